The van der Waals surface area contributed by atoms with Crippen LogP contribution in [0, 0.1) is 6.92 Å². The first-order chi connectivity index (χ1) is 10.6. The molecule has 2 N–H and O–H groups in total. The summed E-state index contributed by atoms with van der Waals surface area (Å²) in [5.41, 5.74) is 1.79. The highest BCUT2D eigenvalue weighted by Crippen LogP contribution is 2.25. The molecule has 0 aliphatic heterocycles. The average molecular weight is 357 g/mol. The number of nitrogens with zero attached hydrogens (tertiary/aromatic N) is 2. The molecule has 0 saturated heterocycles. The van der Waals surface area contributed by atoms with Crippen molar-refractivity contribution in [1.82, 2.24) is 10.2 Å². The van der Waals surface area contributed by atoms with E-state index < -0.39 is 0 Å². The maximum atomic E-state index is 11.9. The van der Waals surface area contributed by atoms with Gasteiger partial charge >= 0.3 is 0 Å². The highest BCUT2D eigenvalue weighted by Gasteiger charge is 2.10. The molecule has 0 saturated carbocycles. The molecule has 22 heavy (non-hydrogen) atoms. The molecule has 2 aromatic rings. The van der Waals surface area contributed by atoms with Crippen LogP contribution in [0.3, 0.4) is 0 Å². The van der Waals surface area contributed by atoms with Crippen molar-refractivity contribution in [2.45, 2.75) is 11.3 Å². The van der Waals surface area contributed by atoms with Crippen molar-refractivity contribution in [2.24, 2.45) is 0 Å². The minimum absolute atomic E-state index is 0.124. The number of halogens is 1. The van der Waals surface area contributed by atoms with E-state index in [1.807, 2.05) is 31.2 Å². The molecule has 1 aromatic heterocycles. The average Bonchev–Trinajstić information content (AvgIpc) is 2.95. The van der Waals surface area contributed by atoms with E-state index >= 15 is 0 Å². The van der Waals surface area contributed by atoms with Gasteiger partial charge in [0.15, 0.2) is 4.34 Å². The van der Waals surface area contributed by atoms with Gasteiger partial charge in [0.25, 0.3) is 0 Å². The van der Waals surface area contributed by atoms with E-state index in [0.717, 1.165) is 11.3 Å². The number of hydrogen-bond donors (Lipinski definition) is 2. The topological polar surface area (TPSA) is 84.0 Å². The first-order valence-electron chi connectivity index (χ1n) is 6.26. The number of amides is 2. The fourth-order valence-corrected chi connectivity index (χ4v) is 3.13. The molecule has 1 heterocycles. The van der Waals surface area contributed by atoms with Gasteiger partial charge < -0.3 is 5.32 Å². The summed E-state index contributed by atoms with van der Waals surface area (Å²) in [6, 6.07) is 7.56. The second-order valence-corrected chi connectivity index (χ2v) is 6.67. The smallest absolute Gasteiger partial charge is 0.241 e. The number of nitrogens with one attached hydrogen (secondary N) is 2. The summed E-state index contributed by atoms with van der Waals surface area (Å²) in [5.74, 6) is -0.389. The molecule has 0 radical (unpaired) electrons. The molecule has 2 amide bonds. The molecule has 0 bridgehead atoms. The van der Waals surface area contributed by atoms with E-state index in [1.165, 1.54) is 23.1 Å². The minimum Gasteiger partial charge on any atom is -0.325 e. The van der Waals surface area contributed by atoms with Gasteiger partial charge in [0.05, 0.1) is 5.75 Å². The number of rotatable bonds is 6. The second-order valence-electron chi connectivity index (χ2n) is 4.21. The largest absolute Gasteiger partial charge is 0.325 e. The Balaban J connectivity index is 1.84. The molecule has 6 nitrogen and oxygen atoms in total. The Morgan fingerprint density at radius 2 is 2.00 bits per heavy atom. The Labute approximate surface area is 140 Å². The van der Waals surface area contributed by atoms with Gasteiger partial charge in [0.2, 0.25) is 16.9 Å². The third kappa shape index (κ3) is 4.97. The predicted octanol–water partition coefficient (Wildman–Crippen LogP) is 2.75. The highest BCUT2D eigenvalue weighted by atomic mass is 35.5. The van der Waals surface area contributed by atoms with E-state index in [4.69, 9.17) is 11.6 Å². The number of thioether (sulfide) groups is 1. The number of benzene rings is 1. The third-order valence-corrected chi connectivity index (χ3v) is 4.73. The predicted molar refractivity (Wildman–Crippen MR) is 89.8 cm³/mol. The van der Waals surface area contributed by atoms with Crippen LogP contribution in [0.1, 0.15) is 5.56 Å². The number of aromatic nitrogens is 2. The number of carbonyl (C=O) groups is 2. The van der Waals surface area contributed by atoms with Crippen molar-refractivity contribution >= 4 is 57.3 Å². The SMILES string of the molecule is Cc1ccccc1NC(=O)CSc1nnc(NC(=O)CCl)s1. The summed E-state index contributed by atoms with van der Waals surface area (Å²) in [4.78, 5) is 23.0. The summed E-state index contributed by atoms with van der Waals surface area (Å²) in [6.45, 7) is 1.93. The van der Waals surface area contributed by atoms with Crippen LogP contribution in [0.4, 0.5) is 10.8 Å². The highest BCUT2D eigenvalue weighted by molar-refractivity contribution is 8.01. The van der Waals surface area contributed by atoms with E-state index in [1.54, 1.807) is 0 Å². The van der Waals surface area contributed by atoms with Gasteiger partial charge in [-0.15, -0.1) is 21.8 Å². The van der Waals surface area contributed by atoms with E-state index in [-0.39, 0.29) is 23.4 Å². The van der Waals surface area contributed by atoms with Crippen molar-refractivity contribution in [3.8, 4) is 0 Å². The quantitative estimate of drug-likeness (QED) is 0.472. The van der Waals surface area contributed by atoms with Gasteiger partial charge in [-0.05, 0) is 18.6 Å². The van der Waals surface area contributed by atoms with Crippen LogP contribution in [-0.4, -0.2) is 33.6 Å². The lowest BCUT2D eigenvalue weighted by atomic mass is 10.2. The van der Waals surface area contributed by atoms with Crippen LogP contribution in [-0.2, 0) is 9.59 Å². The van der Waals surface area contributed by atoms with Crippen LogP contribution in [0.25, 0.3) is 0 Å². The van der Waals surface area contributed by atoms with Crippen LogP contribution in [0.5, 0.6) is 0 Å². The van der Waals surface area contributed by atoms with Crippen molar-refractivity contribution in [3.05, 3.63) is 29.8 Å². The van der Waals surface area contributed by atoms with Crippen molar-refractivity contribution < 1.29 is 9.59 Å². The molecule has 0 spiro atoms. The summed E-state index contributed by atoms with van der Waals surface area (Å²) < 4.78 is 0.602. The first-order valence-corrected chi connectivity index (χ1v) is 8.59. The molecule has 0 aliphatic rings. The molecule has 1 aromatic carbocycles. The number of para-hydroxylation sites is 1. The number of carbonyl (C=O) groups excluding carboxylic acids is 2. The molecule has 0 aliphatic carbocycles. The Bertz CT molecular complexity index is 678. The van der Waals surface area contributed by atoms with Crippen molar-refractivity contribution in [2.75, 3.05) is 22.3 Å². The maximum absolute atomic E-state index is 11.9. The van der Waals surface area contributed by atoms with Crippen LogP contribution in [0.15, 0.2) is 28.6 Å². The zero-order valence-corrected chi connectivity index (χ0v) is 14.0. The summed E-state index contributed by atoms with van der Waals surface area (Å²) in [6.07, 6.45) is 0. The molecule has 9 heteroatoms. The number of alkyl halides is 1. The van der Waals surface area contributed by atoms with Crippen LogP contribution < -0.4 is 10.6 Å². The number of anilines is 2. The summed E-state index contributed by atoms with van der Waals surface area (Å²) >= 11 is 7.84. The maximum Gasteiger partial charge on any atom is 0.241 e. The van der Waals surface area contributed by atoms with Crippen molar-refractivity contribution in [3.63, 3.8) is 0 Å². The first kappa shape index (κ1) is 16.7. The Kier molecular flexibility index (Phi) is 6.17. The number of hydrogen-bond acceptors (Lipinski definition) is 6. The fourth-order valence-electron chi connectivity index (χ4n) is 1.50. The molecule has 0 unspecified atom stereocenters. The van der Waals surface area contributed by atoms with E-state index in [9.17, 15) is 9.59 Å². The Hall–Kier alpha value is -1.64. The van der Waals surface area contributed by atoms with Crippen LogP contribution in [0.2, 0.25) is 0 Å². The monoisotopic (exact) mass is 356 g/mol. The van der Waals surface area contributed by atoms with Gasteiger partial charge in [0, 0.05) is 5.69 Å². The van der Waals surface area contributed by atoms with Gasteiger partial charge in [-0.1, -0.05) is 41.3 Å². The molecule has 2 rings (SSSR count). The molecular weight excluding hydrogens is 344 g/mol. The summed E-state index contributed by atoms with van der Waals surface area (Å²) in [5, 5.41) is 13.4. The lowest BCUT2D eigenvalue weighted by Crippen LogP contribution is -2.14. The summed E-state index contributed by atoms with van der Waals surface area (Å²) in [7, 11) is 0. The zero-order chi connectivity index (χ0) is 15.9. The minimum atomic E-state index is -0.341. The molecule has 0 fully saturated rings. The normalized spacial score (nSPS) is 10.3. The second kappa shape index (κ2) is 8.11. The molecular formula is C13H13ClN4O2S2. The Morgan fingerprint density at radius 3 is 2.73 bits per heavy atom. The number of aryl methyl sites for hydroxylation is 1. The van der Waals surface area contributed by atoms with Gasteiger partial charge in [-0.2, -0.15) is 0 Å². The zero-order valence-electron chi connectivity index (χ0n) is 11.6. The van der Waals surface area contributed by atoms with Crippen molar-refractivity contribution in [1.29, 1.82) is 0 Å². The van der Waals surface area contributed by atoms with E-state index in [0.29, 0.717) is 9.47 Å². The molecule has 0 atom stereocenters. The van der Waals surface area contributed by atoms with Gasteiger partial charge in [0.1, 0.15) is 5.88 Å². The third-order valence-electron chi connectivity index (χ3n) is 2.52. The standard InChI is InChI=1S/C13H13ClN4O2S2/c1-8-4-2-3-5-9(8)15-11(20)7-21-13-18-17-12(22-13)16-10(19)6-14/h2-5H,6-7H2,1H3,(H,15,20)(H,16,17,19). The van der Waals surface area contributed by atoms with Gasteiger partial charge in [-0.3, -0.25) is 14.9 Å². The molecule has 116 valence electrons. The lowest BCUT2D eigenvalue weighted by Gasteiger charge is -2.06. The lowest BCUT2D eigenvalue weighted by molar-refractivity contribution is -0.114. The Morgan fingerprint density at radius 1 is 1.23 bits per heavy atom. The fraction of sp³-hybridized carbons (Fsp3) is 0.231. The van der Waals surface area contributed by atoms with Gasteiger partial charge in [-0.25, -0.2) is 0 Å². The van der Waals surface area contributed by atoms with Crippen LogP contribution >= 0.6 is 34.7 Å². The van der Waals surface area contributed by atoms with E-state index in [2.05, 4.69) is 20.8 Å².